The molecule has 1 saturated heterocycles. The molecule has 3 saturated carbocycles. The molecule has 4 fully saturated rings. The van der Waals surface area contributed by atoms with E-state index in [-0.39, 0.29) is 60.5 Å². The van der Waals surface area contributed by atoms with Crippen molar-refractivity contribution in [3.8, 4) is 0 Å². The molecular formula is C32H51BN6O6. The lowest BCUT2D eigenvalue weighted by molar-refractivity contribution is -0.525. The molecule has 5 rings (SSSR count). The number of hydrazine groups is 1. The molecule has 13 heteroatoms. The highest BCUT2D eigenvalue weighted by molar-refractivity contribution is 6.48. The summed E-state index contributed by atoms with van der Waals surface area (Å²) in [5.41, 5.74) is 9.49. The number of nitrogens with one attached hydrogen (secondary N) is 3. The molecule has 0 unspecified atom stereocenters. The van der Waals surface area contributed by atoms with E-state index >= 15 is 0 Å². The van der Waals surface area contributed by atoms with Crippen molar-refractivity contribution >= 4 is 24.9 Å². The van der Waals surface area contributed by atoms with Crippen LogP contribution in [-0.4, -0.2) is 60.2 Å². The Labute approximate surface area is 267 Å². The quantitative estimate of drug-likeness (QED) is 0.0573. The first-order valence-corrected chi connectivity index (χ1v) is 16.4. The van der Waals surface area contributed by atoms with Gasteiger partial charge >= 0.3 is 7.12 Å². The molecule has 5 N–H and O–H groups in total. The summed E-state index contributed by atoms with van der Waals surface area (Å²) in [6, 6.07) is 7.41. The normalized spacial score (nSPS) is 26.4. The minimum absolute atomic E-state index is 0.00837. The number of carbonyl (C=O) groups is 2. The molecule has 0 aromatic heterocycles. The average molecular weight is 627 g/mol. The Morgan fingerprint density at radius 3 is 2.51 bits per heavy atom. The first-order chi connectivity index (χ1) is 21.2. The summed E-state index contributed by atoms with van der Waals surface area (Å²) < 4.78 is 13.2. The van der Waals surface area contributed by atoms with Gasteiger partial charge in [0.05, 0.1) is 17.6 Å². The molecule has 0 radical (unpaired) electrons. The number of guanidine groups is 1. The minimum Gasteiger partial charge on any atom is -0.404 e. The number of nitrogens with two attached hydrogens (primary N) is 1. The van der Waals surface area contributed by atoms with E-state index in [4.69, 9.17) is 15.0 Å². The highest BCUT2D eigenvalue weighted by Crippen LogP contribution is 2.65. The van der Waals surface area contributed by atoms with E-state index in [1.807, 2.05) is 12.3 Å². The number of nitrogens with zero attached hydrogens (tertiary/aromatic N) is 2. The van der Waals surface area contributed by atoms with Crippen LogP contribution in [0, 0.1) is 40.2 Å². The van der Waals surface area contributed by atoms with Crippen LogP contribution in [-0.2, 0) is 25.3 Å². The molecule has 3 aliphatic carbocycles. The van der Waals surface area contributed by atoms with E-state index in [1.165, 1.54) is 5.56 Å². The van der Waals surface area contributed by atoms with Gasteiger partial charge < -0.3 is 25.7 Å². The zero-order valence-corrected chi connectivity index (χ0v) is 27.6. The maximum absolute atomic E-state index is 13.8. The largest absolute Gasteiger partial charge is 0.481 e. The Balaban J connectivity index is 1.40. The molecule has 6 atom stereocenters. The first-order valence-electron chi connectivity index (χ1n) is 16.4. The topological polar surface area (TPSA) is 170 Å². The van der Waals surface area contributed by atoms with Crippen LogP contribution in [0.3, 0.4) is 0 Å². The van der Waals surface area contributed by atoms with Gasteiger partial charge in [-0.1, -0.05) is 62.9 Å². The van der Waals surface area contributed by atoms with Crippen molar-refractivity contribution in [3.63, 3.8) is 0 Å². The number of aryl methyl sites for hydroxylation is 2. The number of hydrogen-bond donors (Lipinski definition) is 4. The molecule has 1 aromatic rings. The summed E-state index contributed by atoms with van der Waals surface area (Å²) in [4.78, 5) is 41.4. The SMILES string of the molecule is Cc1ccc(CCCC(=O)N[C@@H](CCCN=C(N)N[N+](=O)[O-])C(=O)N[C@@H](CC(C)C)B2O[C@@H]3C[C@H]4C[C@H](C4(C)C)[C@]3(C)O2)cc1. The number of hydrogen-bond acceptors (Lipinski definition) is 7. The van der Waals surface area contributed by atoms with E-state index in [2.05, 4.69) is 74.5 Å². The zero-order chi connectivity index (χ0) is 32.9. The van der Waals surface area contributed by atoms with Crippen LogP contribution in [0.15, 0.2) is 29.3 Å². The van der Waals surface area contributed by atoms with Crippen LogP contribution in [0.4, 0.5) is 0 Å². The van der Waals surface area contributed by atoms with Gasteiger partial charge in [-0.25, -0.2) is 15.1 Å². The van der Waals surface area contributed by atoms with Crippen molar-refractivity contribution in [1.29, 1.82) is 0 Å². The fourth-order valence-electron chi connectivity index (χ4n) is 7.47. The van der Waals surface area contributed by atoms with Crippen molar-refractivity contribution in [2.24, 2.45) is 33.9 Å². The summed E-state index contributed by atoms with van der Waals surface area (Å²) in [5, 5.41) is 15.9. The van der Waals surface area contributed by atoms with Crippen LogP contribution in [0.25, 0.3) is 0 Å². The van der Waals surface area contributed by atoms with Crippen molar-refractivity contribution in [2.75, 3.05) is 6.54 Å². The Hall–Kier alpha value is -3.19. The fourth-order valence-corrected chi connectivity index (χ4v) is 7.47. The third-order valence-electron chi connectivity index (χ3n) is 10.1. The second-order valence-corrected chi connectivity index (χ2v) is 14.3. The van der Waals surface area contributed by atoms with Crippen molar-refractivity contribution in [3.05, 3.63) is 45.5 Å². The number of amides is 2. The van der Waals surface area contributed by atoms with Crippen LogP contribution >= 0.6 is 0 Å². The zero-order valence-electron chi connectivity index (χ0n) is 27.6. The van der Waals surface area contributed by atoms with Gasteiger partial charge in [0.15, 0.2) is 5.03 Å². The van der Waals surface area contributed by atoms with Gasteiger partial charge in [-0.15, -0.1) is 0 Å². The molecule has 1 aromatic carbocycles. The van der Waals surface area contributed by atoms with E-state index in [0.29, 0.717) is 31.1 Å². The third kappa shape index (κ3) is 8.55. The second kappa shape index (κ2) is 14.5. The molecule has 45 heavy (non-hydrogen) atoms. The lowest BCUT2D eigenvalue weighted by atomic mass is 9.43. The van der Waals surface area contributed by atoms with Crippen LogP contribution in [0.5, 0.6) is 0 Å². The molecule has 4 aliphatic rings. The van der Waals surface area contributed by atoms with Gasteiger partial charge in [0, 0.05) is 13.0 Å². The Kier molecular flexibility index (Phi) is 11.2. The van der Waals surface area contributed by atoms with E-state index in [9.17, 15) is 19.7 Å². The molecule has 1 heterocycles. The predicted octanol–water partition coefficient (Wildman–Crippen LogP) is 3.48. The number of nitro groups is 1. The van der Waals surface area contributed by atoms with E-state index in [0.717, 1.165) is 24.8 Å². The standard InChI is InChI=1S/C32H51BN6O6/c1-20(2)17-27(33-44-26-19-23-18-25(31(23,4)5)32(26,6)45-33)37-29(41)24(10-8-16-35-30(34)38-39(42)43)36-28(40)11-7-9-22-14-12-21(3)13-15-22/h12-15,20,23-27H,7-11,16-19H2,1-6H3,(H,36,40)(H,37,41)(H3,34,35,38)/t23-,24+,25-,26-,27+,32+/m1/s1. The lowest BCUT2D eigenvalue weighted by Gasteiger charge is -2.64. The number of rotatable bonds is 15. The van der Waals surface area contributed by atoms with Gasteiger partial charge in [0.2, 0.25) is 11.8 Å². The van der Waals surface area contributed by atoms with Crippen LogP contribution in [0.1, 0.15) is 90.7 Å². The lowest BCUT2D eigenvalue weighted by Crippen LogP contribution is -2.65. The van der Waals surface area contributed by atoms with Crippen molar-refractivity contribution < 1.29 is 23.9 Å². The molecule has 248 valence electrons. The summed E-state index contributed by atoms with van der Waals surface area (Å²) in [5.74, 6) is 0.0512. The van der Waals surface area contributed by atoms with Gasteiger partial charge in [0.1, 0.15) is 6.04 Å². The highest BCUT2D eigenvalue weighted by Gasteiger charge is 2.68. The summed E-state index contributed by atoms with van der Waals surface area (Å²) >= 11 is 0. The fraction of sp³-hybridized carbons (Fsp3) is 0.719. The summed E-state index contributed by atoms with van der Waals surface area (Å²) in [7, 11) is -0.579. The third-order valence-corrected chi connectivity index (χ3v) is 10.1. The number of benzene rings is 1. The maximum atomic E-state index is 13.8. The molecule has 0 spiro atoms. The molecule has 2 amide bonds. The summed E-state index contributed by atoms with van der Waals surface area (Å²) in [6.07, 6.45) is 5.08. The van der Waals surface area contributed by atoms with Gasteiger partial charge in [-0.2, -0.15) is 0 Å². The number of aliphatic imine (C=N–C) groups is 1. The maximum Gasteiger partial charge on any atom is 0.481 e. The highest BCUT2D eigenvalue weighted by atomic mass is 16.7. The summed E-state index contributed by atoms with van der Waals surface area (Å²) in [6.45, 7) is 13.2. The number of carbonyl (C=O) groups excluding carboxylic acids is 2. The second-order valence-electron chi connectivity index (χ2n) is 14.3. The van der Waals surface area contributed by atoms with Gasteiger partial charge in [-0.3, -0.25) is 9.59 Å². The van der Waals surface area contributed by atoms with Crippen LogP contribution < -0.4 is 21.8 Å². The predicted molar refractivity (Wildman–Crippen MR) is 173 cm³/mol. The minimum atomic E-state index is -0.822. The Bertz CT molecular complexity index is 1240. The van der Waals surface area contributed by atoms with E-state index in [1.54, 1.807) is 0 Å². The van der Waals surface area contributed by atoms with Crippen molar-refractivity contribution in [2.45, 2.75) is 117 Å². The smallest absolute Gasteiger partial charge is 0.404 e. The monoisotopic (exact) mass is 626 g/mol. The Morgan fingerprint density at radius 1 is 1.16 bits per heavy atom. The Morgan fingerprint density at radius 2 is 1.87 bits per heavy atom. The van der Waals surface area contributed by atoms with Crippen molar-refractivity contribution in [1.82, 2.24) is 16.1 Å². The molecular weight excluding hydrogens is 575 g/mol. The molecule has 1 aliphatic heterocycles. The molecule has 12 nitrogen and oxygen atoms in total. The molecule has 2 bridgehead atoms. The van der Waals surface area contributed by atoms with Gasteiger partial charge in [0.25, 0.3) is 5.96 Å². The van der Waals surface area contributed by atoms with E-state index < -0.39 is 23.8 Å². The van der Waals surface area contributed by atoms with Crippen LogP contribution in [0.2, 0.25) is 0 Å². The average Bonchev–Trinajstić information content (AvgIpc) is 3.32. The first kappa shape index (κ1) is 34.7. The van der Waals surface area contributed by atoms with Gasteiger partial charge in [-0.05, 0) is 87.5 Å².